The van der Waals surface area contributed by atoms with E-state index in [2.05, 4.69) is 6.92 Å². The number of nitrogens with zero attached hydrogens (tertiary/aromatic N) is 1. The summed E-state index contributed by atoms with van der Waals surface area (Å²) in [4.78, 5) is 12.9. The molecule has 1 heterocycles. The van der Waals surface area contributed by atoms with E-state index in [0.717, 1.165) is 17.2 Å². The number of furan rings is 1. The zero-order valence-electron chi connectivity index (χ0n) is 12.0. The van der Waals surface area contributed by atoms with Crippen LogP contribution in [0, 0.1) is 5.92 Å². The Hall–Kier alpha value is -2.23. The molecule has 1 aliphatic rings. The van der Waals surface area contributed by atoms with Crippen LogP contribution in [0.25, 0.3) is 0 Å². The first-order chi connectivity index (χ1) is 10.1. The van der Waals surface area contributed by atoms with Gasteiger partial charge < -0.3 is 14.4 Å². The van der Waals surface area contributed by atoms with Gasteiger partial charge in [0.15, 0.2) is 0 Å². The maximum absolute atomic E-state index is 11.1. The van der Waals surface area contributed by atoms with Gasteiger partial charge in [-0.3, -0.25) is 4.79 Å². The molecule has 2 unspecified atom stereocenters. The second-order valence-electron chi connectivity index (χ2n) is 5.71. The van der Waals surface area contributed by atoms with Gasteiger partial charge in [0, 0.05) is 11.6 Å². The summed E-state index contributed by atoms with van der Waals surface area (Å²) in [6.45, 7) is 2.64. The average Bonchev–Trinajstić information content (AvgIpc) is 3.01. The molecule has 21 heavy (non-hydrogen) atoms. The third-order valence-electron chi connectivity index (χ3n) is 3.95. The first-order valence-corrected chi connectivity index (χ1v) is 7.24. The van der Waals surface area contributed by atoms with E-state index in [1.807, 2.05) is 42.5 Å². The van der Waals surface area contributed by atoms with Gasteiger partial charge in [0.25, 0.3) is 0 Å². The first-order valence-electron chi connectivity index (χ1n) is 7.24. The van der Waals surface area contributed by atoms with Gasteiger partial charge >= 0.3 is 5.97 Å². The largest absolute Gasteiger partial charge is 0.480 e. The Morgan fingerprint density at radius 3 is 2.62 bits per heavy atom. The normalized spacial score (nSPS) is 20.2. The minimum atomic E-state index is -0.846. The number of hydrogen-bond donors (Lipinski definition) is 1. The van der Waals surface area contributed by atoms with Gasteiger partial charge in [-0.15, -0.1) is 0 Å². The lowest BCUT2D eigenvalue weighted by Gasteiger charge is -2.21. The fourth-order valence-corrected chi connectivity index (χ4v) is 2.63. The van der Waals surface area contributed by atoms with Crippen LogP contribution in [0.3, 0.4) is 0 Å². The van der Waals surface area contributed by atoms with Crippen molar-refractivity contribution in [3.63, 3.8) is 0 Å². The van der Waals surface area contributed by atoms with E-state index in [4.69, 9.17) is 9.52 Å². The topological polar surface area (TPSA) is 53.7 Å². The van der Waals surface area contributed by atoms with Crippen LogP contribution >= 0.6 is 0 Å². The molecule has 0 bridgehead atoms. The van der Waals surface area contributed by atoms with E-state index >= 15 is 0 Å². The van der Waals surface area contributed by atoms with E-state index in [-0.39, 0.29) is 6.54 Å². The van der Waals surface area contributed by atoms with Crippen molar-refractivity contribution < 1.29 is 14.3 Å². The smallest absolute Gasteiger partial charge is 0.323 e. The molecular formula is C17H19NO3. The molecule has 4 nitrogen and oxygen atoms in total. The molecule has 1 aromatic carbocycles. The number of carbonyl (C=O) groups is 1. The van der Waals surface area contributed by atoms with Gasteiger partial charge in [0.1, 0.15) is 18.1 Å². The predicted molar refractivity (Wildman–Crippen MR) is 80.4 cm³/mol. The standard InChI is InChI=1S/C17H19NO3/c1-12-9-15(12)16-8-7-14(21-16)10-18(11-17(19)20)13-5-3-2-4-6-13/h2-8,12,15H,9-11H2,1H3,(H,19,20). The van der Waals surface area contributed by atoms with Gasteiger partial charge in [-0.1, -0.05) is 25.1 Å². The quantitative estimate of drug-likeness (QED) is 0.882. The molecular weight excluding hydrogens is 266 g/mol. The van der Waals surface area contributed by atoms with Gasteiger partial charge in [-0.05, 0) is 36.6 Å². The summed E-state index contributed by atoms with van der Waals surface area (Å²) in [5.74, 6) is 2.24. The van der Waals surface area contributed by atoms with Gasteiger partial charge in [-0.2, -0.15) is 0 Å². The van der Waals surface area contributed by atoms with Crippen molar-refractivity contribution in [2.75, 3.05) is 11.4 Å². The third kappa shape index (κ3) is 3.27. The highest BCUT2D eigenvalue weighted by atomic mass is 16.4. The molecule has 0 saturated heterocycles. The lowest BCUT2D eigenvalue weighted by atomic mass is 10.2. The summed E-state index contributed by atoms with van der Waals surface area (Å²) < 4.78 is 5.88. The molecule has 1 aliphatic carbocycles. The lowest BCUT2D eigenvalue weighted by Crippen LogP contribution is -2.28. The van der Waals surface area contributed by atoms with Crippen molar-refractivity contribution in [2.24, 2.45) is 5.92 Å². The van der Waals surface area contributed by atoms with Crippen LogP contribution in [-0.2, 0) is 11.3 Å². The Kier molecular flexibility index (Phi) is 3.69. The number of anilines is 1. The third-order valence-corrected chi connectivity index (χ3v) is 3.95. The Morgan fingerprint density at radius 1 is 1.29 bits per heavy atom. The molecule has 1 N–H and O–H groups in total. The highest BCUT2D eigenvalue weighted by Crippen LogP contribution is 2.47. The average molecular weight is 285 g/mol. The molecule has 1 saturated carbocycles. The van der Waals surface area contributed by atoms with E-state index in [0.29, 0.717) is 18.4 Å². The van der Waals surface area contributed by atoms with Crippen LogP contribution in [0.5, 0.6) is 0 Å². The SMILES string of the molecule is CC1CC1c1ccc(CN(CC(=O)O)c2ccccc2)o1. The predicted octanol–water partition coefficient (Wildman–Crippen LogP) is 3.49. The monoisotopic (exact) mass is 285 g/mol. The Bertz CT molecular complexity index is 620. The molecule has 0 aliphatic heterocycles. The van der Waals surface area contributed by atoms with Crippen LogP contribution in [0.15, 0.2) is 46.9 Å². The Morgan fingerprint density at radius 2 is 2.00 bits per heavy atom. The van der Waals surface area contributed by atoms with Crippen LogP contribution < -0.4 is 4.90 Å². The molecule has 3 rings (SSSR count). The summed E-state index contributed by atoms with van der Waals surface area (Å²) in [6, 6.07) is 13.5. The second kappa shape index (κ2) is 5.64. The Labute approximate surface area is 124 Å². The van der Waals surface area contributed by atoms with Crippen molar-refractivity contribution in [3.05, 3.63) is 54.0 Å². The lowest BCUT2D eigenvalue weighted by molar-refractivity contribution is -0.135. The van der Waals surface area contributed by atoms with Crippen LogP contribution in [-0.4, -0.2) is 17.6 Å². The van der Waals surface area contributed by atoms with E-state index in [1.165, 1.54) is 6.42 Å². The molecule has 0 radical (unpaired) electrons. The number of carboxylic acids is 1. The number of rotatable bonds is 6. The van der Waals surface area contributed by atoms with E-state index < -0.39 is 5.97 Å². The molecule has 110 valence electrons. The van der Waals surface area contributed by atoms with Crippen molar-refractivity contribution in [2.45, 2.75) is 25.8 Å². The first kappa shape index (κ1) is 13.7. The molecule has 1 aromatic heterocycles. The highest BCUT2D eigenvalue weighted by Gasteiger charge is 2.36. The molecule has 4 heteroatoms. The van der Waals surface area contributed by atoms with Crippen molar-refractivity contribution in [3.8, 4) is 0 Å². The summed E-state index contributed by atoms with van der Waals surface area (Å²) in [6.07, 6.45) is 1.18. The van der Waals surface area contributed by atoms with Crippen molar-refractivity contribution in [1.29, 1.82) is 0 Å². The highest BCUT2D eigenvalue weighted by molar-refractivity contribution is 5.73. The minimum absolute atomic E-state index is 0.0418. The van der Waals surface area contributed by atoms with Crippen LogP contribution in [0.4, 0.5) is 5.69 Å². The maximum atomic E-state index is 11.1. The summed E-state index contributed by atoms with van der Waals surface area (Å²) >= 11 is 0. The summed E-state index contributed by atoms with van der Waals surface area (Å²) in [5.41, 5.74) is 0.887. The minimum Gasteiger partial charge on any atom is -0.480 e. The van der Waals surface area contributed by atoms with Crippen LogP contribution in [0.1, 0.15) is 30.8 Å². The summed E-state index contributed by atoms with van der Waals surface area (Å²) in [7, 11) is 0. The number of carboxylic acid groups (broad SMARTS) is 1. The van der Waals surface area contributed by atoms with Gasteiger partial charge in [0.2, 0.25) is 0 Å². The van der Waals surface area contributed by atoms with Crippen LogP contribution in [0.2, 0.25) is 0 Å². The number of para-hydroxylation sites is 1. The fourth-order valence-electron chi connectivity index (χ4n) is 2.63. The second-order valence-corrected chi connectivity index (χ2v) is 5.71. The molecule has 2 aromatic rings. The zero-order valence-corrected chi connectivity index (χ0v) is 12.0. The molecule has 2 atom stereocenters. The van der Waals surface area contributed by atoms with Gasteiger partial charge in [0.05, 0.1) is 6.54 Å². The number of benzene rings is 1. The summed E-state index contributed by atoms with van der Waals surface area (Å²) in [5, 5.41) is 9.09. The fraction of sp³-hybridized carbons (Fsp3) is 0.353. The number of aliphatic carboxylic acids is 1. The molecule has 1 fully saturated rings. The zero-order chi connectivity index (χ0) is 14.8. The Balaban J connectivity index is 1.75. The molecule has 0 spiro atoms. The van der Waals surface area contributed by atoms with Crippen molar-refractivity contribution >= 4 is 11.7 Å². The number of hydrogen-bond acceptors (Lipinski definition) is 3. The molecule has 0 amide bonds. The van der Waals surface area contributed by atoms with Crippen molar-refractivity contribution in [1.82, 2.24) is 0 Å². The van der Waals surface area contributed by atoms with E-state index in [1.54, 1.807) is 4.90 Å². The van der Waals surface area contributed by atoms with E-state index in [9.17, 15) is 4.79 Å². The van der Waals surface area contributed by atoms with Gasteiger partial charge in [-0.25, -0.2) is 0 Å². The maximum Gasteiger partial charge on any atom is 0.323 e.